The van der Waals surface area contributed by atoms with Crippen LogP contribution in [0, 0.1) is 0 Å². The molecule has 0 saturated carbocycles. The molecule has 2 rings (SSSR count). The van der Waals surface area contributed by atoms with Crippen LogP contribution < -0.4 is 5.32 Å². The molecule has 0 aliphatic carbocycles. The van der Waals surface area contributed by atoms with Crippen molar-refractivity contribution >= 4 is 35.5 Å². The Kier molecular flexibility index (Phi) is 5.04. The van der Waals surface area contributed by atoms with Crippen molar-refractivity contribution in [3.63, 3.8) is 0 Å². The third-order valence-electron chi connectivity index (χ3n) is 3.16. The highest BCUT2D eigenvalue weighted by Gasteiger charge is 2.59. The fraction of sp³-hybridized carbons (Fsp3) is 0.636. The van der Waals surface area contributed by atoms with E-state index in [1.807, 2.05) is 0 Å². The number of nitrogens with one attached hydrogen (secondary N) is 1. The topological polar surface area (TPSA) is 122 Å². The van der Waals surface area contributed by atoms with Gasteiger partial charge in [-0.15, -0.1) is 0 Å². The first-order chi connectivity index (χ1) is 10.8. The van der Waals surface area contributed by atoms with Gasteiger partial charge in [0.05, 0.1) is 12.2 Å². The van der Waals surface area contributed by atoms with Gasteiger partial charge in [-0.05, 0) is 0 Å². The maximum Gasteiger partial charge on any atom is 0.372 e. The lowest BCUT2D eigenvalue weighted by Gasteiger charge is -2.30. The number of nitrogens with zero attached hydrogens (tertiary/aromatic N) is 1. The summed E-state index contributed by atoms with van der Waals surface area (Å²) in [5.41, 5.74) is -2.27. The molecule has 2 atom stereocenters. The Labute approximate surface area is 132 Å². The van der Waals surface area contributed by atoms with Crippen molar-refractivity contribution in [3.05, 3.63) is 0 Å². The predicted octanol–water partition coefficient (Wildman–Crippen LogP) is -0.681. The Morgan fingerprint density at radius 3 is 2.70 bits per heavy atom. The number of hydroxylamine groups is 2. The van der Waals surface area contributed by atoms with Gasteiger partial charge in [-0.25, -0.2) is 4.79 Å². The number of halogens is 2. The monoisotopic (exact) mass is 354 g/mol. The molecule has 2 heterocycles. The molecule has 0 radical (unpaired) electrons. The number of carboxylic acid groups (broad SMARTS) is 1. The summed E-state index contributed by atoms with van der Waals surface area (Å²) < 4.78 is 28.7. The summed E-state index contributed by atoms with van der Waals surface area (Å²) in [4.78, 5) is 51.2. The molecule has 0 aromatic heterocycles. The number of carboxylic acids is 1. The molecular formula is C11H12F2N2O7S. The third-order valence-corrected chi connectivity index (χ3v) is 3.84. The molecule has 128 valence electrons. The van der Waals surface area contributed by atoms with Gasteiger partial charge in [0.1, 0.15) is 12.6 Å². The van der Waals surface area contributed by atoms with E-state index in [2.05, 4.69) is 5.32 Å². The molecule has 0 spiro atoms. The quantitative estimate of drug-likeness (QED) is 0.602. The Morgan fingerprint density at radius 1 is 1.48 bits per heavy atom. The van der Waals surface area contributed by atoms with E-state index in [1.165, 1.54) is 0 Å². The Morgan fingerprint density at radius 2 is 2.17 bits per heavy atom. The number of hydrogen-bond donors (Lipinski definition) is 2. The first-order valence-corrected chi connectivity index (χ1v) is 7.42. The molecule has 2 amide bonds. The number of carbonyl (C=O) groups excluding carboxylic acids is 3. The summed E-state index contributed by atoms with van der Waals surface area (Å²) in [6, 6.07) is -1.24. The lowest BCUT2D eigenvalue weighted by Crippen LogP contribution is -2.56. The highest BCUT2D eigenvalue weighted by atomic mass is 32.2. The van der Waals surface area contributed by atoms with Crippen LogP contribution in [-0.2, 0) is 28.8 Å². The molecule has 2 aliphatic heterocycles. The molecule has 0 aromatic rings. The molecule has 2 aliphatic rings. The number of thioether (sulfide) groups is 1. The van der Waals surface area contributed by atoms with E-state index in [4.69, 9.17) is 9.57 Å². The second-order valence-corrected chi connectivity index (χ2v) is 5.66. The van der Waals surface area contributed by atoms with Gasteiger partial charge in [0.15, 0.2) is 0 Å². The minimum atomic E-state index is -2.74. The second kappa shape index (κ2) is 6.66. The molecule has 23 heavy (non-hydrogen) atoms. The Hall–Kier alpha value is -1.95. The lowest BCUT2D eigenvalue weighted by molar-refractivity contribution is -0.256. The van der Waals surface area contributed by atoms with Crippen LogP contribution in [0.2, 0.25) is 0 Å². The van der Waals surface area contributed by atoms with Crippen LogP contribution >= 0.6 is 11.8 Å². The Balaban J connectivity index is 2.02. The smallest absolute Gasteiger partial charge is 0.372 e. The van der Waals surface area contributed by atoms with Crippen molar-refractivity contribution in [2.45, 2.75) is 30.4 Å². The first-order valence-electron chi connectivity index (χ1n) is 6.37. The van der Waals surface area contributed by atoms with Gasteiger partial charge in [0.2, 0.25) is 5.91 Å². The van der Waals surface area contributed by atoms with E-state index >= 15 is 0 Å². The summed E-state index contributed by atoms with van der Waals surface area (Å²) in [6.07, 6.45) is -0.504. The van der Waals surface area contributed by atoms with Crippen molar-refractivity contribution < 1.29 is 42.6 Å². The molecule has 2 fully saturated rings. The van der Waals surface area contributed by atoms with Gasteiger partial charge in [0.25, 0.3) is 11.7 Å². The van der Waals surface area contributed by atoms with E-state index in [9.17, 15) is 33.1 Å². The van der Waals surface area contributed by atoms with Crippen molar-refractivity contribution in [2.75, 3.05) is 12.4 Å². The minimum Gasteiger partial charge on any atom is -0.477 e. The predicted molar refractivity (Wildman–Crippen MR) is 68.9 cm³/mol. The van der Waals surface area contributed by atoms with Gasteiger partial charge >= 0.3 is 17.7 Å². The van der Waals surface area contributed by atoms with E-state index in [0.29, 0.717) is 5.06 Å². The van der Waals surface area contributed by atoms with Crippen molar-refractivity contribution in [3.8, 4) is 0 Å². The van der Waals surface area contributed by atoms with E-state index in [-0.39, 0.29) is 24.6 Å². The van der Waals surface area contributed by atoms with Crippen LogP contribution in [0.1, 0.15) is 12.8 Å². The normalized spacial score (nSPS) is 27.4. The summed E-state index contributed by atoms with van der Waals surface area (Å²) >= 11 is 0.0799. The lowest BCUT2D eigenvalue weighted by atomic mass is 10.1. The van der Waals surface area contributed by atoms with Crippen LogP contribution in [0.4, 0.5) is 8.78 Å². The highest BCUT2D eigenvalue weighted by Crippen LogP contribution is 2.34. The van der Waals surface area contributed by atoms with Crippen molar-refractivity contribution in [1.29, 1.82) is 0 Å². The SMILES string of the molecule is O=C(CSC(F)F)N[C@H]1CON(C2(C(=O)O)CCC(=O)O2)C1=O. The number of esters is 1. The van der Waals surface area contributed by atoms with Crippen LogP contribution in [0.15, 0.2) is 0 Å². The standard InChI is InChI=1S/C11H12F2N2O7S/c12-10(13)23-4-6(16)14-5-3-21-15(8(5)18)11(9(19)20)2-1-7(17)22-11/h5,10H,1-4H2,(H,14,16)(H,19,20)/t5-,11?/m0/s1. The summed E-state index contributed by atoms with van der Waals surface area (Å²) in [6.45, 7) is -0.392. The molecule has 12 heteroatoms. The Bertz CT molecular complexity index is 546. The maximum atomic E-state index is 12.2. The highest BCUT2D eigenvalue weighted by molar-refractivity contribution is 8.00. The minimum absolute atomic E-state index is 0.0799. The zero-order chi connectivity index (χ0) is 17.2. The van der Waals surface area contributed by atoms with Gasteiger partial charge in [-0.1, -0.05) is 11.8 Å². The average molecular weight is 354 g/mol. The molecule has 0 aromatic carbocycles. The number of cyclic esters (lactones) is 1. The summed E-state index contributed by atoms with van der Waals surface area (Å²) in [5, 5.41) is 11.8. The molecular weight excluding hydrogens is 342 g/mol. The zero-order valence-electron chi connectivity index (χ0n) is 11.5. The molecule has 9 nitrogen and oxygen atoms in total. The third kappa shape index (κ3) is 3.52. The van der Waals surface area contributed by atoms with E-state index < -0.39 is 53.6 Å². The van der Waals surface area contributed by atoms with Gasteiger partial charge in [-0.2, -0.15) is 13.8 Å². The van der Waals surface area contributed by atoms with E-state index in [0.717, 1.165) is 0 Å². The first kappa shape index (κ1) is 17.4. The van der Waals surface area contributed by atoms with E-state index in [1.54, 1.807) is 0 Å². The number of hydrogen-bond acceptors (Lipinski definition) is 7. The number of alkyl halides is 2. The van der Waals surface area contributed by atoms with Crippen molar-refractivity contribution in [1.82, 2.24) is 10.4 Å². The second-order valence-electron chi connectivity index (χ2n) is 4.68. The molecule has 1 unspecified atom stereocenters. The maximum absolute atomic E-state index is 12.2. The fourth-order valence-electron chi connectivity index (χ4n) is 2.13. The van der Waals surface area contributed by atoms with Gasteiger partial charge in [-0.3, -0.25) is 19.2 Å². The van der Waals surface area contributed by atoms with Crippen LogP contribution in [-0.4, -0.2) is 63.8 Å². The summed E-state index contributed by atoms with van der Waals surface area (Å²) in [7, 11) is 0. The number of amides is 2. The summed E-state index contributed by atoms with van der Waals surface area (Å²) in [5.74, 6) is -7.45. The largest absolute Gasteiger partial charge is 0.477 e. The fourth-order valence-corrected chi connectivity index (χ4v) is 2.49. The van der Waals surface area contributed by atoms with Crippen molar-refractivity contribution in [2.24, 2.45) is 0 Å². The molecule has 2 N–H and O–H groups in total. The number of rotatable bonds is 6. The van der Waals surface area contributed by atoms with Gasteiger partial charge in [0, 0.05) is 6.42 Å². The molecule has 0 bridgehead atoms. The number of aliphatic carboxylic acids is 1. The van der Waals surface area contributed by atoms with Crippen LogP contribution in [0.25, 0.3) is 0 Å². The zero-order valence-corrected chi connectivity index (χ0v) is 12.3. The number of carbonyl (C=O) groups is 4. The molecule has 2 saturated heterocycles. The van der Waals surface area contributed by atoms with Crippen LogP contribution in [0.5, 0.6) is 0 Å². The van der Waals surface area contributed by atoms with Crippen LogP contribution in [0.3, 0.4) is 0 Å². The average Bonchev–Trinajstić information content (AvgIpc) is 3.02. The number of ether oxygens (including phenoxy) is 1. The van der Waals surface area contributed by atoms with Gasteiger partial charge < -0.3 is 15.2 Å².